The Labute approximate surface area is 132 Å². The van der Waals surface area contributed by atoms with Crippen molar-refractivity contribution in [3.8, 4) is 0 Å². The summed E-state index contributed by atoms with van der Waals surface area (Å²) >= 11 is 0. The van der Waals surface area contributed by atoms with Crippen LogP contribution in [0.1, 0.15) is 12.5 Å². The van der Waals surface area contributed by atoms with Crippen LogP contribution in [0.4, 0.5) is 10.5 Å². The zero-order chi connectivity index (χ0) is 16.6. The predicted octanol–water partition coefficient (Wildman–Crippen LogP) is 0.923. The van der Waals surface area contributed by atoms with E-state index in [2.05, 4.69) is 10.2 Å². The molecule has 1 aliphatic rings. The Bertz CT molecular complexity index is 779. The van der Waals surface area contributed by atoms with E-state index < -0.39 is 12.1 Å². The summed E-state index contributed by atoms with van der Waals surface area (Å²) in [5.41, 5.74) is 7.98. The second-order valence-corrected chi connectivity index (χ2v) is 5.56. The molecule has 1 atom stereocenters. The van der Waals surface area contributed by atoms with E-state index in [-0.39, 0.29) is 5.91 Å². The molecular formula is C15H17N5O3. The lowest BCUT2D eigenvalue weighted by molar-refractivity contribution is -0.140. The molecule has 23 heavy (non-hydrogen) atoms. The lowest BCUT2D eigenvalue weighted by Crippen LogP contribution is -2.56. The molecule has 2 heterocycles. The van der Waals surface area contributed by atoms with E-state index in [1.54, 1.807) is 11.8 Å². The number of carboxylic acid groups (broad SMARTS) is 1. The molecule has 1 aromatic carbocycles. The third-order valence-corrected chi connectivity index (χ3v) is 4.10. The van der Waals surface area contributed by atoms with Crippen molar-refractivity contribution >= 4 is 28.6 Å². The van der Waals surface area contributed by atoms with Gasteiger partial charge in [-0.2, -0.15) is 10.2 Å². The summed E-state index contributed by atoms with van der Waals surface area (Å²) in [5, 5.41) is 17.8. The maximum atomic E-state index is 12.3. The van der Waals surface area contributed by atoms with Crippen LogP contribution in [0.3, 0.4) is 0 Å². The second kappa shape index (κ2) is 5.71. The molecule has 1 aromatic heterocycles. The van der Waals surface area contributed by atoms with Gasteiger partial charge in [-0.05, 0) is 18.6 Å². The number of carbonyl (C=O) groups is 2. The number of anilines is 1. The summed E-state index contributed by atoms with van der Waals surface area (Å²) in [6, 6.07) is 4.93. The van der Waals surface area contributed by atoms with Gasteiger partial charge < -0.3 is 15.7 Å². The number of hydrogen-bond donors (Lipinski definition) is 2. The second-order valence-electron chi connectivity index (χ2n) is 5.56. The monoisotopic (exact) mass is 315 g/mol. The van der Waals surface area contributed by atoms with E-state index in [9.17, 15) is 9.59 Å². The van der Waals surface area contributed by atoms with Gasteiger partial charge in [-0.3, -0.25) is 9.69 Å². The third kappa shape index (κ3) is 2.75. The summed E-state index contributed by atoms with van der Waals surface area (Å²) in [6.07, 6.45) is 0.431. The number of nitrogens with zero attached hydrogens (tertiary/aromatic N) is 4. The van der Waals surface area contributed by atoms with Crippen molar-refractivity contribution in [2.24, 2.45) is 0 Å². The molecule has 8 heteroatoms. The van der Waals surface area contributed by atoms with Crippen LogP contribution in [0.25, 0.3) is 10.9 Å². The highest BCUT2D eigenvalue weighted by atomic mass is 16.4. The molecule has 1 saturated heterocycles. The van der Waals surface area contributed by atoms with Crippen LogP contribution < -0.4 is 5.73 Å². The number of benzene rings is 1. The molecule has 0 bridgehead atoms. The van der Waals surface area contributed by atoms with Crippen LogP contribution >= 0.6 is 0 Å². The average molecular weight is 315 g/mol. The summed E-state index contributed by atoms with van der Waals surface area (Å²) in [7, 11) is 0. The van der Waals surface area contributed by atoms with Gasteiger partial charge in [0.05, 0.1) is 17.4 Å². The molecule has 0 radical (unpaired) electrons. The standard InChI is InChI=1S/C15H17N5O3/c1-9-14(21)19(4-5-20(9)15(22)23)8-10-2-3-11-12(16)7-17-18-13(11)6-10/h2-3,6-7,9H,4-5,8H2,1H3,(H2,16,18)(H,22,23). The van der Waals surface area contributed by atoms with Crippen molar-refractivity contribution < 1.29 is 14.7 Å². The minimum Gasteiger partial charge on any atom is -0.465 e. The first-order valence-corrected chi connectivity index (χ1v) is 7.25. The Balaban J connectivity index is 1.80. The van der Waals surface area contributed by atoms with E-state index >= 15 is 0 Å². The SMILES string of the molecule is CC1C(=O)N(Cc2ccc3c(N)cnnc3c2)CCN1C(=O)O. The lowest BCUT2D eigenvalue weighted by Gasteiger charge is -2.37. The topological polar surface area (TPSA) is 113 Å². The van der Waals surface area contributed by atoms with Crippen molar-refractivity contribution in [1.82, 2.24) is 20.0 Å². The maximum Gasteiger partial charge on any atom is 0.408 e. The molecule has 0 spiro atoms. The largest absolute Gasteiger partial charge is 0.465 e. The molecule has 8 nitrogen and oxygen atoms in total. The molecule has 1 aliphatic heterocycles. The molecule has 0 saturated carbocycles. The fraction of sp³-hybridized carbons (Fsp3) is 0.333. The minimum absolute atomic E-state index is 0.197. The van der Waals surface area contributed by atoms with E-state index in [0.29, 0.717) is 30.8 Å². The van der Waals surface area contributed by atoms with E-state index in [1.165, 1.54) is 6.20 Å². The summed E-state index contributed by atoms with van der Waals surface area (Å²) < 4.78 is 0. The van der Waals surface area contributed by atoms with Crippen LogP contribution in [0.2, 0.25) is 0 Å². The highest BCUT2D eigenvalue weighted by Gasteiger charge is 2.34. The molecule has 3 N–H and O–H groups in total. The lowest BCUT2D eigenvalue weighted by atomic mass is 10.1. The Kier molecular flexibility index (Phi) is 3.73. The van der Waals surface area contributed by atoms with Crippen molar-refractivity contribution in [2.75, 3.05) is 18.8 Å². The normalized spacial score (nSPS) is 18.5. The first kappa shape index (κ1) is 15.0. The first-order valence-electron chi connectivity index (χ1n) is 7.25. The quantitative estimate of drug-likeness (QED) is 0.852. The number of amides is 2. The zero-order valence-corrected chi connectivity index (χ0v) is 12.6. The summed E-state index contributed by atoms with van der Waals surface area (Å²) in [4.78, 5) is 26.2. The van der Waals surface area contributed by atoms with Crippen molar-refractivity contribution in [2.45, 2.75) is 19.5 Å². The van der Waals surface area contributed by atoms with E-state index in [0.717, 1.165) is 15.8 Å². The zero-order valence-electron chi connectivity index (χ0n) is 12.6. The van der Waals surface area contributed by atoms with Gasteiger partial charge in [-0.25, -0.2) is 4.79 Å². The smallest absolute Gasteiger partial charge is 0.408 e. The molecule has 1 unspecified atom stereocenters. The Hall–Kier alpha value is -2.90. The number of nitrogens with two attached hydrogens (primary N) is 1. The summed E-state index contributed by atoms with van der Waals surface area (Å²) in [6.45, 7) is 2.69. The van der Waals surface area contributed by atoms with Gasteiger partial charge in [0.1, 0.15) is 6.04 Å². The fourth-order valence-corrected chi connectivity index (χ4v) is 2.79. The predicted molar refractivity (Wildman–Crippen MR) is 83.6 cm³/mol. The molecule has 0 aliphatic carbocycles. The van der Waals surface area contributed by atoms with Crippen LogP contribution in [-0.4, -0.2) is 56.2 Å². The Morgan fingerprint density at radius 1 is 1.43 bits per heavy atom. The number of carbonyl (C=O) groups excluding carboxylic acids is 1. The highest BCUT2D eigenvalue weighted by Crippen LogP contribution is 2.21. The van der Waals surface area contributed by atoms with Gasteiger partial charge >= 0.3 is 6.09 Å². The molecule has 120 valence electrons. The number of nitrogen functional groups attached to an aromatic ring is 1. The maximum absolute atomic E-state index is 12.3. The van der Waals surface area contributed by atoms with Crippen LogP contribution in [-0.2, 0) is 11.3 Å². The van der Waals surface area contributed by atoms with Crippen molar-refractivity contribution in [1.29, 1.82) is 0 Å². The van der Waals surface area contributed by atoms with E-state index in [1.807, 2.05) is 18.2 Å². The Morgan fingerprint density at radius 3 is 2.96 bits per heavy atom. The fourth-order valence-electron chi connectivity index (χ4n) is 2.79. The first-order chi connectivity index (χ1) is 11.0. The molecular weight excluding hydrogens is 298 g/mol. The van der Waals surface area contributed by atoms with Gasteiger partial charge in [0.2, 0.25) is 5.91 Å². The van der Waals surface area contributed by atoms with Gasteiger partial charge in [0.25, 0.3) is 0 Å². The van der Waals surface area contributed by atoms with E-state index in [4.69, 9.17) is 10.8 Å². The molecule has 2 amide bonds. The number of aromatic nitrogens is 2. The number of hydrogen-bond acceptors (Lipinski definition) is 5. The summed E-state index contributed by atoms with van der Waals surface area (Å²) in [5.74, 6) is -0.197. The highest BCUT2D eigenvalue weighted by molar-refractivity contribution is 5.89. The third-order valence-electron chi connectivity index (χ3n) is 4.10. The average Bonchev–Trinajstić information content (AvgIpc) is 2.52. The van der Waals surface area contributed by atoms with Crippen LogP contribution in [0.15, 0.2) is 24.4 Å². The number of piperazine rings is 1. The van der Waals surface area contributed by atoms with Gasteiger partial charge in [-0.15, -0.1) is 0 Å². The van der Waals surface area contributed by atoms with Crippen molar-refractivity contribution in [3.63, 3.8) is 0 Å². The van der Waals surface area contributed by atoms with Gasteiger partial charge in [-0.1, -0.05) is 12.1 Å². The minimum atomic E-state index is -1.07. The van der Waals surface area contributed by atoms with Crippen molar-refractivity contribution in [3.05, 3.63) is 30.0 Å². The van der Waals surface area contributed by atoms with Crippen LogP contribution in [0, 0.1) is 0 Å². The molecule has 1 fully saturated rings. The van der Waals surface area contributed by atoms with Gasteiger partial charge in [0.15, 0.2) is 0 Å². The molecule has 2 aromatic rings. The Morgan fingerprint density at radius 2 is 2.22 bits per heavy atom. The van der Waals surface area contributed by atoms with Gasteiger partial charge in [0, 0.05) is 25.0 Å². The molecule has 3 rings (SSSR count). The van der Waals surface area contributed by atoms with Crippen LogP contribution in [0.5, 0.6) is 0 Å². The number of fused-ring (bicyclic) bond motifs is 1. The number of rotatable bonds is 2.